The fourth-order valence-corrected chi connectivity index (χ4v) is 5.66. The van der Waals surface area contributed by atoms with Crippen LogP contribution in [0.2, 0.25) is 0 Å². The first-order valence-corrected chi connectivity index (χ1v) is 15.0. The van der Waals surface area contributed by atoms with Crippen molar-refractivity contribution in [1.29, 1.82) is 0 Å². The molecule has 12 heteroatoms. The van der Waals surface area contributed by atoms with E-state index < -0.39 is 0 Å². The molecule has 0 saturated carbocycles. The third-order valence-corrected chi connectivity index (χ3v) is 8.29. The molecule has 12 nitrogen and oxygen atoms in total. The van der Waals surface area contributed by atoms with E-state index in [4.69, 9.17) is 9.97 Å². The SMILES string of the molecule is Cc1nc(C(C)C)c(-n2cncn2)cc1CC(C)(C)c1cc(-n2cnnc2)cc(CC(C)(C)c2cncc(-n3cnnc3)c2)n1. The van der Waals surface area contributed by atoms with Crippen LogP contribution in [0.1, 0.15) is 81.4 Å². The Hall–Kier alpha value is -5.13. The predicted molar refractivity (Wildman–Crippen MR) is 170 cm³/mol. The molecule has 0 fully saturated rings. The molecule has 6 heterocycles. The number of pyridine rings is 3. The lowest BCUT2D eigenvalue weighted by molar-refractivity contribution is 0.485. The molecule has 0 aromatic carbocycles. The van der Waals surface area contributed by atoms with Crippen LogP contribution in [0.3, 0.4) is 0 Å². The molecular weight excluding hydrogens is 564 g/mol. The maximum absolute atomic E-state index is 5.29. The fourth-order valence-electron chi connectivity index (χ4n) is 5.66. The van der Waals surface area contributed by atoms with Crippen LogP contribution in [0, 0.1) is 6.92 Å². The number of rotatable bonds is 10. The third-order valence-electron chi connectivity index (χ3n) is 8.29. The van der Waals surface area contributed by atoms with Gasteiger partial charge in [-0.2, -0.15) is 5.10 Å². The first kappa shape index (κ1) is 29.9. The fraction of sp³-hybridized carbons (Fsp3) is 0.364. The van der Waals surface area contributed by atoms with Gasteiger partial charge in [0, 0.05) is 28.7 Å². The normalized spacial score (nSPS) is 12.3. The zero-order valence-electron chi connectivity index (χ0n) is 26.8. The van der Waals surface area contributed by atoms with E-state index in [0.29, 0.717) is 6.42 Å². The second kappa shape index (κ2) is 11.8. The summed E-state index contributed by atoms with van der Waals surface area (Å²) < 4.78 is 5.59. The molecule has 0 aliphatic heterocycles. The summed E-state index contributed by atoms with van der Waals surface area (Å²) in [6.07, 6.45) is 15.2. The molecule has 6 aromatic heterocycles. The minimum Gasteiger partial charge on any atom is -0.288 e. The maximum Gasteiger partial charge on any atom is 0.138 e. The van der Waals surface area contributed by atoms with Crippen LogP contribution in [-0.4, -0.2) is 59.2 Å². The first-order chi connectivity index (χ1) is 21.5. The van der Waals surface area contributed by atoms with Crippen molar-refractivity contribution >= 4 is 0 Å². The molecule has 0 aliphatic rings. The lowest BCUT2D eigenvalue weighted by Crippen LogP contribution is -2.26. The average Bonchev–Trinajstić information content (AvgIpc) is 3.81. The maximum atomic E-state index is 5.29. The van der Waals surface area contributed by atoms with Gasteiger partial charge in [0.15, 0.2) is 0 Å². The highest BCUT2D eigenvalue weighted by atomic mass is 15.3. The lowest BCUT2D eigenvalue weighted by atomic mass is 9.79. The quantitative estimate of drug-likeness (QED) is 0.210. The molecule has 0 N–H and O–H groups in total. The Kier molecular flexibility index (Phi) is 7.81. The zero-order chi connectivity index (χ0) is 31.8. The van der Waals surface area contributed by atoms with E-state index in [9.17, 15) is 0 Å². The molecule has 6 aromatic rings. The van der Waals surface area contributed by atoms with E-state index in [0.717, 1.165) is 57.4 Å². The van der Waals surface area contributed by atoms with Crippen molar-refractivity contribution in [3.63, 3.8) is 0 Å². The van der Waals surface area contributed by atoms with Crippen LogP contribution in [0.15, 0.2) is 74.6 Å². The summed E-state index contributed by atoms with van der Waals surface area (Å²) in [6.45, 7) is 15.3. The predicted octanol–water partition coefficient (Wildman–Crippen LogP) is 5.09. The monoisotopic (exact) mass is 602 g/mol. The van der Waals surface area contributed by atoms with Gasteiger partial charge in [0.1, 0.15) is 38.0 Å². The standard InChI is InChI=1S/C33H38N12/c1-22(2)31-29(45-17-35-16-40-45)8-24(23(3)41-31)12-33(6,7)30-11-27(43-18-36-37-19-43)10-26(42-30)13-32(4,5)25-9-28(15-34-14-25)44-20-38-39-21-44/h8-11,14-22H,12-13H2,1-7H3. The van der Waals surface area contributed by atoms with Gasteiger partial charge in [-0.15, -0.1) is 20.4 Å². The van der Waals surface area contributed by atoms with Crippen LogP contribution in [0.25, 0.3) is 17.1 Å². The summed E-state index contributed by atoms with van der Waals surface area (Å²) in [5, 5.41) is 20.4. The van der Waals surface area contributed by atoms with Crippen molar-refractivity contribution in [2.24, 2.45) is 0 Å². The Bertz CT molecular complexity index is 1890. The molecule has 0 spiro atoms. The highest BCUT2D eigenvalue weighted by Gasteiger charge is 2.29. The molecular formula is C33H38N12. The van der Waals surface area contributed by atoms with Gasteiger partial charge in [0.25, 0.3) is 0 Å². The van der Waals surface area contributed by atoms with Crippen molar-refractivity contribution in [1.82, 2.24) is 59.2 Å². The molecule has 45 heavy (non-hydrogen) atoms. The number of hydrogen-bond acceptors (Lipinski definition) is 9. The van der Waals surface area contributed by atoms with Gasteiger partial charge in [-0.1, -0.05) is 41.5 Å². The van der Waals surface area contributed by atoms with Gasteiger partial charge < -0.3 is 0 Å². The Morgan fingerprint density at radius 1 is 0.711 bits per heavy atom. The smallest absolute Gasteiger partial charge is 0.138 e. The van der Waals surface area contributed by atoms with Crippen LogP contribution in [-0.2, 0) is 23.7 Å². The Labute approximate surface area is 262 Å². The van der Waals surface area contributed by atoms with E-state index in [-0.39, 0.29) is 16.7 Å². The highest BCUT2D eigenvalue weighted by molar-refractivity contribution is 5.45. The van der Waals surface area contributed by atoms with E-state index in [1.165, 1.54) is 0 Å². The molecule has 0 unspecified atom stereocenters. The van der Waals surface area contributed by atoms with E-state index in [1.807, 2.05) is 21.5 Å². The number of nitrogens with zero attached hydrogens (tertiary/aromatic N) is 12. The summed E-state index contributed by atoms with van der Waals surface area (Å²) in [5.74, 6) is 0.241. The van der Waals surface area contributed by atoms with Gasteiger partial charge in [-0.3, -0.25) is 24.1 Å². The van der Waals surface area contributed by atoms with Crippen LogP contribution >= 0.6 is 0 Å². The van der Waals surface area contributed by atoms with Gasteiger partial charge in [-0.05, 0) is 66.5 Å². The van der Waals surface area contributed by atoms with Gasteiger partial charge in [0.2, 0.25) is 0 Å². The van der Waals surface area contributed by atoms with Crippen molar-refractivity contribution in [2.45, 2.75) is 78.1 Å². The summed E-state index contributed by atoms with van der Waals surface area (Å²) in [4.78, 5) is 19.0. The molecule has 0 aliphatic carbocycles. The van der Waals surface area contributed by atoms with E-state index in [2.05, 4.69) is 108 Å². The van der Waals surface area contributed by atoms with Crippen LogP contribution < -0.4 is 0 Å². The second-order valence-electron chi connectivity index (χ2n) is 13.1. The van der Waals surface area contributed by atoms with E-state index in [1.54, 1.807) is 42.6 Å². The summed E-state index contributed by atoms with van der Waals surface area (Å²) in [6, 6.07) is 8.60. The van der Waals surface area contributed by atoms with Crippen molar-refractivity contribution in [2.75, 3.05) is 0 Å². The summed E-state index contributed by atoms with van der Waals surface area (Å²) in [7, 11) is 0. The third kappa shape index (κ3) is 6.26. The molecule has 0 amide bonds. The lowest BCUT2D eigenvalue weighted by Gasteiger charge is -2.29. The van der Waals surface area contributed by atoms with Gasteiger partial charge in [-0.25, -0.2) is 9.67 Å². The minimum atomic E-state index is -0.329. The average molecular weight is 603 g/mol. The molecule has 6 rings (SSSR count). The number of hydrogen-bond donors (Lipinski definition) is 0. The molecule has 0 saturated heterocycles. The Balaban J connectivity index is 1.37. The first-order valence-electron chi connectivity index (χ1n) is 15.0. The summed E-state index contributed by atoms with van der Waals surface area (Å²) >= 11 is 0. The largest absolute Gasteiger partial charge is 0.288 e. The Morgan fingerprint density at radius 2 is 1.40 bits per heavy atom. The summed E-state index contributed by atoms with van der Waals surface area (Å²) in [5.41, 5.74) is 8.43. The second-order valence-corrected chi connectivity index (χ2v) is 13.1. The minimum absolute atomic E-state index is 0.241. The van der Waals surface area contributed by atoms with Crippen LogP contribution in [0.5, 0.6) is 0 Å². The van der Waals surface area contributed by atoms with Crippen molar-refractivity contribution < 1.29 is 0 Å². The molecule has 0 radical (unpaired) electrons. The topological polar surface area (TPSA) is 131 Å². The van der Waals surface area contributed by atoms with Crippen LogP contribution in [0.4, 0.5) is 0 Å². The van der Waals surface area contributed by atoms with Crippen molar-refractivity contribution in [3.05, 3.63) is 109 Å². The Morgan fingerprint density at radius 3 is 2.04 bits per heavy atom. The van der Waals surface area contributed by atoms with E-state index >= 15 is 0 Å². The molecule has 0 bridgehead atoms. The number of aromatic nitrogens is 12. The molecule has 230 valence electrons. The highest BCUT2D eigenvalue weighted by Crippen LogP contribution is 2.34. The van der Waals surface area contributed by atoms with Gasteiger partial charge in [0.05, 0.1) is 29.0 Å². The van der Waals surface area contributed by atoms with Crippen molar-refractivity contribution in [3.8, 4) is 17.1 Å². The van der Waals surface area contributed by atoms with Gasteiger partial charge >= 0.3 is 0 Å². The number of aryl methyl sites for hydroxylation is 1. The molecule has 0 atom stereocenters. The zero-order valence-corrected chi connectivity index (χ0v) is 26.8.